The SMILES string of the molecule is Cc1cc(OCc2ccccc2)nc(Cl)n1. The van der Waals surface area contributed by atoms with Crippen molar-refractivity contribution in [1.29, 1.82) is 0 Å². The highest BCUT2D eigenvalue weighted by Crippen LogP contribution is 2.13. The molecular formula is C12H11ClN2O. The number of aromatic nitrogens is 2. The van der Waals surface area contributed by atoms with Gasteiger partial charge in [0.05, 0.1) is 0 Å². The smallest absolute Gasteiger partial charge is 0.225 e. The molecule has 3 nitrogen and oxygen atoms in total. The van der Waals surface area contributed by atoms with Crippen LogP contribution in [-0.2, 0) is 6.61 Å². The summed E-state index contributed by atoms with van der Waals surface area (Å²) in [7, 11) is 0. The topological polar surface area (TPSA) is 35.0 Å². The third-order valence-electron chi connectivity index (χ3n) is 2.03. The Balaban J connectivity index is 2.05. The first kappa shape index (κ1) is 10.9. The van der Waals surface area contributed by atoms with Gasteiger partial charge in [0.1, 0.15) is 6.61 Å². The number of ether oxygens (including phenoxy) is 1. The third-order valence-corrected chi connectivity index (χ3v) is 2.20. The Labute approximate surface area is 99.1 Å². The minimum Gasteiger partial charge on any atom is -0.473 e. The van der Waals surface area contributed by atoms with E-state index in [2.05, 4.69) is 9.97 Å². The maximum absolute atomic E-state index is 5.73. The minimum absolute atomic E-state index is 0.211. The lowest BCUT2D eigenvalue weighted by Crippen LogP contribution is -1.98. The summed E-state index contributed by atoms with van der Waals surface area (Å²) in [6.07, 6.45) is 0. The molecule has 1 aromatic carbocycles. The Hall–Kier alpha value is -1.61. The number of nitrogens with zero attached hydrogens (tertiary/aromatic N) is 2. The standard InChI is InChI=1S/C12H11ClN2O/c1-9-7-11(15-12(13)14-9)16-8-10-5-3-2-4-6-10/h2-7H,8H2,1H3. The van der Waals surface area contributed by atoms with Crippen LogP contribution in [0.1, 0.15) is 11.3 Å². The van der Waals surface area contributed by atoms with E-state index in [1.54, 1.807) is 6.07 Å². The zero-order valence-electron chi connectivity index (χ0n) is 8.85. The first-order valence-electron chi connectivity index (χ1n) is 4.92. The largest absolute Gasteiger partial charge is 0.473 e. The molecule has 0 aliphatic carbocycles. The highest BCUT2D eigenvalue weighted by atomic mass is 35.5. The number of aryl methyl sites for hydroxylation is 1. The lowest BCUT2D eigenvalue weighted by molar-refractivity contribution is 0.293. The Morgan fingerprint density at radius 1 is 1.19 bits per heavy atom. The van der Waals surface area contributed by atoms with Gasteiger partial charge in [-0.05, 0) is 24.1 Å². The van der Waals surface area contributed by atoms with E-state index in [0.717, 1.165) is 11.3 Å². The van der Waals surface area contributed by atoms with Gasteiger partial charge >= 0.3 is 0 Å². The average Bonchev–Trinajstić information content (AvgIpc) is 2.27. The van der Waals surface area contributed by atoms with E-state index in [-0.39, 0.29) is 5.28 Å². The minimum atomic E-state index is 0.211. The summed E-state index contributed by atoms with van der Waals surface area (Å²) in [5.74, 6) is 0.501. The molecule has 82 valence electrons. The highest BCUT2D eigenvalue weighted by Gasteiger charge is 2.01. The van der Waals surface area contributed by atoms with Crippen molar-refractivity contribution in [2.45, 2.75) is 13.5 Å². The first-order valence-corrected chi connectivity index (χ1v) is 5.30. The molecule has 0 atom stereocenters. The van der Waals surface area contributed by atoms with Crippen LogP contribution in [0.3, 0.4) is 0 Å². The molecule has 0 fully saturated rings. The van der Waals surface area contributed by atoms with E-state index in [1.165, 1.54) is 0 Å². The van der Waals surface area contributed by atoms with E-state index in [4.69, 9.17) is 16.3 Å². The fourth-order valence-corrected chi connectivity index (χ4v) is 1.53. The molecule has 2 aromatic rings. The molecule has 16 heavy (non-hydrogen) atoms. The second-order valence-electron chi connectivity index (χ2n) is 3.39. The number of benzene rings is 1. The maximum Gasteiger partial charge on any atom is 0.225 e. The molecular weight excluding hydrogens is 224 g/mol. The molecule has 1 heterocycles. The summed E-state index contributed by atoms with van der Waals surface area (Å²) in [6.45, 7) is 2.33. The number of rotatable bonds is 3. The third kappa shape index (κ3) is 2.94. The lowest BCUT2D eigenvalue weighted by Gasteiger charge is -2.05. The average molecular weight is 235 g/mol. The summed E-state index contributed by atoms with van der Waals surface area (Å²) in [6, 6.07) is 11.7. The van der Waals surface area contributed by atoms with Gasteiger partial charge in [0, 0.05) is 11.8 Å². The van der Waals surface area contributed by atoms with Crippen LogP contribution in [0.25, 0.3) is 0 Å². The molecule has 0 saturated heterocycles. The van der Waals surface area contributed by atoms with Crippen molar-refractivity contribution in [2.24, 2.45) is 0 Å². The van der Waals surface area contributed by atoms with Gasteiger partial charge in [-0.3, -0.25) is 0 Å². The van der Waals surface area contributed by atoms with Crippen molar-refractivity contribution in [1.82, 2.24) is 9.97 Å². The molecule has 0 aliphatic rings. The molecule has 2 rings (SSSR count). The molecule has 0 spiro atoms. The van der Waals surface area contributed by atoms with Crippen LogP contribution in [0.2, 0.25) is 5.28 Å². The van der Waals surface area contributed by atoms with Crippen molar-refractivity contribution in [3.8, 4) is 5.88 Å². The van der Waals surface area contributed by atoms with Crippen LogP contribution < -0.4 is 4.74 Å². The summed E-state index contributed by atoms with van der Waals surface area (Å²) in [5.41, 5.74) is 1.89. The Morgan fingerprint density at radius 2 is 1.94 bits per heavy atom. The van der Waals surface area contributed by atoms with Gasteiger partial charge in [-0.25, -0.2) is 4.98 Å². The molecule has 0 amide bonds. The predicted octanol–water partition coefficient (Wildman–Crippen LogP) is 3.02. The van der Waals surface area contributed by atoms with Crippen LogP contribution in [0, 0.1) is 6.92 Å². The van der Waals surface area contributed by atoms with Gasteiger partial charge in [0.15, 0.2) is 0 Å². The molecule has 0 aliphatic heterocycles. The molecule has 1 aromatic heterocycles. The van der Waals surface area contributed by atoms with Gasteiger partial charge in [-0.2, -0.15) is 4.98 Å². The first-order chi connectivity index (χ1) is 7.74. The van der Waals surface area contributed by atoms with Crippen molar-refractivity contribution < 1.29 is 4.74 Å². The second kappa shape index (κ2) is 4.94. The van der Waals surface area contributed by atoms with Crippen molar-refractivity contribution >= 4 is 11.6 Å². The summed E-state index contributed by atoms with van der Waals surface area (Å²) in [5, 5.41) is 0.211. The molecule has 0 saturated carbocycles. The van der Waals surface area contributed by atoms with E-state index in [0.29, 0.717) is 12.5 Å². The zero-order chi connectivity index (χ0) is 11.4. The fourth-order valence-electron chi connectivity index (χ4n) is 1.31. The number of halogens is 1. The van der Waals surface area contributed by atoms with Crippen LogP contribution in [0.4, 0.5) is 0 Å². The van der Waals surface area contributed by atoms with Crippen LogP contribution in [0.15, 0.2) is 36.4 Å². The molecule has 4 heteroatoms. The number of hydrogen-bond donors (Lipinski definition) is 0. The normalized spacial score (nSPS) is 10.1. The molecule has 0 unspecified atom stereocenters. The highest BCUT2D eigenvalue weighted by molar-refractivity contribution is 6.28. The molecule has 0 N–H and O–H groups in total. The van der Waals surface area contributed by atoms with Crippen LogP contribution in [-0.4, -0.2) is 9.97 Å². The summed E-state index contributed by atoms with van der Waals surface area (Å²) >= 11 is 5.73. The van der Waals surface area contributed by atoms with E-state index < -0.39 is 0 Å². The maximum atomic E-state index is 5.73. The van der Waals surface area contributed by atoms with Crippen LogP contribution in [0.5, 0.6) is 5.88 Å². The Morgan fingerprint density at radius 3 is 2.62 bits per heavy atom. The van der Waals surface area contributed by atoms with Gasteiger partial charge in [0.2, 0.25) is 11.2 Å². The molecule has 0 bridgehead atoms. The van der Waals surface area contributed by atoms with Gasteiger partial charge in [-0.15, -0.1) is 0 Å². The van der Waals surface area contributed by atoms with E-state index >= 15 is 0 Å². The van der Waals surface area contributed by atoms with Crippen LogP contribution >= 0.6 is 11.6 Å². The quantitative estimate of drug-likeness (QED) is 0.766. The summed E-state index contributed by atoms with van der Waals surface area (Å²) < 4.78 is 5.52. The Kier molecular flexibility index (Phi) is 3.37. The predicted molar refractivity (Wildman–Crippen MR) is 62.6 cm³/mol. The van der Waals surface area contributed by atoms with Crippen molar-refractivity contribution in [2.75, 3.05) is 0 Å². The molecule has 0 radical (unpaired) electrons. The van der Waals surface area contributed by atoms with Gasteiger partial charge < -0.3 is 4.74 Å². The fraction of sp³-hybridized carbons (Fsp3) is 0.167. The van der Waals surface area contributed by atoms with Gasteiger partial charge in [0.25, 0.3) is 0 Å². The monoisotopic (exact) mass is 234 g/mol. The van der Waals surface area contributed by atoms with E-state index in [1.807, 2.05) is 37.3 Å². The van der Waals surface area contributed by atoms with E-state index in [9.17, 15) is 0 Å². The Bertz CT molecular complexity index is 453. The van der Waals surface area contributed by atoms with Crippen molar-refractivity contribution in [3.63, 3.8) is 0 Å². The second-order valence-corrected chi connectivity index (χ2v) is 3.73. The van der Waals surface area contributed by atoms with Crippen molar-refractivity contribution in [3.05, 3.63) is 52.9 Å². The zero-order valence-corrected chi connectivity index (χ0v) is 9.61. The lowest BCUT2D eigenvalue weighted by atomic mass is 10.2. The number of hydrogen-bond acceptors (Lipinski definition) is 3. The van der Waals surface area contributed by atoms with Gasteiger partial charge in [-0.1, -0.05) is 30.3 Å². The summed E-state index contributed by atoms with van der Waals surface area (Å²) in [4.78, 5) is 7.94.